The number of nitrogens with zero attached hydrogens (tertiary/aromatic N) is 1. The molecule has 1 N–H and O–H groups in total. The third kappa shape index (κ3) is 5.04. The van der Waals surface area contributed by atoms with Crippen molar-refractivity contribution in [1.29, 1.82) is 0 Å². The molecule has 1 amide bonds. The quantitative estimate of drug-likeness (QED) is 0.925. The van der Waals surface area contributed by atoms with Gasteiger partial charge in [0.15, 0.2) is 0 Å². The summed E-state index contributed by atoms with van der Waals surface area (Å²) < 4.78 is 10.3. The first-order chi connectivity index (χ1) is 8.63. The minimum absolute atomic E-state index is 0. The van der Waals surface area contributed by atoms with Gasteiger partial charge in [-0.1, -0.05) is 0 Å². The molecule has 1 fully saturated rings. The van der Waals surface area contributed by atoms with Crippen LogP contribution >= 0.6 is 12.4 Å². The van der Waals surface area contributed by atoms with E-state index < -0.39 is 6.09 Å². The number of hydrogen-bond acceptors (Lipinski definition) is 4. The minimum atomic E-state index is -0.391. The lowest BCUT2D eigenvalue weighted by Gasteiger charge is -2.11. The van der Waals surface area contributed by atoms with Crippen molar-refractivity contribution >= 4 is 18.5 Å². The van der Waals surface area contributed by atoms with Crippen LogP contribution in [0.2, 0.25) is 0 Å². The molecule has 2 heterocycles. The van der Waals surface area contributed by atoms with Gasteiger partial charge in [-0.2, -0.15) is 0 Å². The average molecular weight is 287 g/mol. The van der Waals surface area contributed by atoms with Crippen LogP contribution < -0.4 is 5.32 Å². The van der Waals surface area contributed by atoms with Gasteiger partial charge in [-0.15, -0.1) is 12.4 Å². The molecule has 1 aliphatic heterocycles. The van der Waals surface area contributed by atoms with Gasteiger partial charge in [-0.25, -0.2) is 4.79 Å². The topological polar surface area (TPSA) is 60.5 Å². The standard InChI is InChI=1S/C13H18N2O3.ClH/c1-9-5-11(6-10(2)14-9)7-18-13(16)15-12-3-4-17-8-12;/h5-6,12H,3-4,7-8H2,1-2H3,(H,15,16);1H/t12-;/m1./s1. The van der Waals surface area contributed by atoms with Crippen LogP contribution in [0.15, 0.2) is 12.1 Å². The lowest BCUT2D eigenvalue weighted by molar-refractivity contribution is 0.132. The smallest absolute Gasteiger partial charge is 0.407 e. The first-order valence-electron chi connectivity index (χ1n) is 6.08. The van der Waals surface area contributed by atoms with E-state index in [1.807, 2.05) is 26.0 Å². The molecule has 1 aliphatic rings. The normalized spacial score (nSPS) is 17.7. The zero-order valence-electron chi connectivity index (χ0n) is 11.1. The summed E-state index contributed by atoms with van der Waals surface area (Å²) in [6.45, 7) is 5.39. The third-order valence-electron chi connectivity index (χ3n) is 2.76. The zero-order chi connectivity index (χ0) is 13.0. The zero-order valence-corrected chi connectivity index (χ0v) is 12.0. The van der Waals surface area contributed by atoms with Gasteiger partial charge in [-0.05, 0) is 38.0 Å². The molecule has 1 saturated heterocycles. The van der Waals surface area contributed by atoms with E-state index in [4.69, 9.17) is 9.47 Å². The fourth-order valence-electron chi connectivity index (χ4n) is 2.01. The molecule has 19 heavy (non-hydrogen) atoms. The van der Waals surface area contributed by atoms with Gasteiger partial charge in [0.25, 0.3) is 0 Å². The molecule has 0 radical (unpaired) electrons. The van der Waals surface area contributed by atoms with Crippen molar-refractivity contribution in [3.63, 3.8) is 0 Å². The number of aromatic nitrogens is 1. The van der Waals surface area contributed by atoms with Gasteiger partial charge in [-0.3, -0.25) is 4.98 Å². The highest BCUT2D eigenvalue weighted by Gasteiger charge is 2.18. The van der Waals surface area contributed by atoms with Crippen LogP contribution in [0.3, 0.4) is 0 Å². The number of halogens is 1. The monoisotopic (exact) mass is 286 g/mol. The van der Waals surface area contributed by atoms with E-state index in [-0.39, 0.29) is 25.1 Å². The second-order valence-corrected chi connectivity index (χ2v) is 4.54. The van der Waals surface area contributed by atoms with Crippen LogP contribution in [0.1, 0.15) is 23.4 Å². The van der Waals surface area contributed by atoms with Gasteiger partial charge in [0.2, 0.25) is 0 Å². The molecule has 1 aromatic heterocycles. The van der Waals surface area contributed by atoms with Crippen molar-refractivity contribution in [1.82, 2.24) is 10.3 Å². The molecule has 0 unspecified atom stereocenters. The average Bonchev–Trinajstić information content (AvgIpc) is 2.78. The first-order valence-corrected chi connectivity index (χ1v) is 6.08. The van der Waals surface area contributed by atoms with Crippen LogP contribution in [-0.4, -0.2) is 30.3 Å². The summed E-state index contributed by atoms with van der Waals surface area (Å²) >= 11 is 0. The molecule has 5 nitrogen and oxygen atoms in total. The number of aryl methyl sites for hydroxylation is 2. The summed E-state index contributed by atoms with van der Waals surface area (Å²) in [4.78, 5) is 15.8. The predicted molar refractivity (Wildman–Crippen MR) is 73.5 cm³/mol. The molecule has 106 valence electrons. The third-order valence-corrected chi connectivity index (χ3v) is 2.76. The first kappa shape index (κ1) is 15.7. The second kappa shape index (κ2) is 7.31. The highest BCUT2D eigenvalue weighted by molar-refractivity contribution is 5.85. The highest BCUT2D eigenvalue weighted by atomic mass is 35.5. The number of amides is 1. The maximum atomic E-state index is 11.5. The Morgan fingerprint density at radius 1 is 1.47 bits per heavy atom. The summed E-state index contributed by atoms with van der Waals surface area (Å²) in [6.07, 6.45) is 0.459. The number of ether oxygens (including phenoxy) is 2. The number of alkyl carbamates (subject to hydrolysis) is 1. The molecular weight excluding hydrogens is 268 g/mol. The van der Waals surface area contributed by atoms with Gasteiger partial charge < -0.3 is 14.8 Å². The van der Waals surface area contributed by atoms with Crippen LogP contribution in [0.4, 0.5) is 4.79 Å². The molecule has 0 aliphatic carbocycles. The van der Waals surface area contributed by atoms with Crippen molar-refractivity contribution in [3.8, 4) is 0 Å². The fraction of sp³-hybridized carbons (Fsp3) is 0.538. The molecule has 1 atom stereocenters. The Bertz CT molecular complexity index is 414. The molecular formula is C13H19ClN2O3. The number of carbonyl (C=O) groups excluding carboxylic acids is 1. The lowest BCUT2D eigenvalue weighted by Crippen LogP contribution is -2.35. The van der Waals surface area contributed by atoms with Gasteiger partial charge in [0, 0.05) is 18.0 Å². The van der Waals surface area contributed by atoms with Gasteiger partial charge in [0.05, 0.1) is 12.6 Å². The predicted octanol–water partition coefficient (Wildman–Crippen LogP) is 2.14. The van der Waals surface area contributed by atoms with E-state index in [0.29, 0.717) is 13.2 Å². The van der Waals surface area contributed by atoms with Crippen molar-refractivity contribution in [3.05, 3.63) is 29.1 Å². The van der Waals surface area contributed by atoms with Crippen LogP contribution in [0.25, 0.3) is 0 Å². The van der Waals surface area contributed by atoms with Gasteiger partial charge in [0.1, 0.15) is 6.61 Å². The van der Waals surface area contributed by atoms with E-state index in [0.717, 1.165) is 23.4 Å². The molecule has 1 aromatic rings. The molecule has 0 aromatic carbocycles. The highest BCUT2D eigenvalue weighted by Crippen LogP contribution is 2.07. The number of carbonyl (C=O) groups is 1. The fourth-order valence-corrected chi connectivity index (χ4v) is 2.01. The second-order valence-electron chi connectivity index (χ2n) is 4.54. The molecule has 2 rings (SSSR count). The number of pyridine rings is 1. The maximum absolute atomic E-state index is 11.5. The Morgan fingerprint density at radius 2 is 2.16 bits per heavy atom. The minimum Gasteiger partial charge on any atom is -0.445 e. The van der Waals surface area contributed by atoms with E-state index in [2.05, 4.69) is 10.3 Å². The Hall–Kier alpha value is -1.33. The lowest BCUT2D eigenvalue weighted by atomic mass is 10.2. The molecule has 0 saturated carbocycles. The molecule has 6 heteroatoms. The Morgan fingerprint density at radius 3 is 2.74 bits per heavy atom. The van der Waals surface area contributed by atoms with Crippen molar-refractivity contribution in [2.45, 2.75) is 32.9 Å². The Labute approximate surface area is 119 Å². The Kier molecular flexibility index (Phi) is 6.05. The summed E-state index contributed by atoms with van der Waals surface area (Å²) in [5, 5.41) is 2.78. The number of rotatable bonds is 3. The number of hydrogen-bond donors (Lipinski definition) is 1. The largest absolute Gasteiger partial charge is 0.445 e. The van der Waals surface area contributed by atoms with Crippen molar-refractivity contribution < 1.29 is 14.3 Å². The van der Waals surface area contributed by atoms with E-state index >= 15 is 0 Å². The van der Waals surface area contributed by atoms with Crippen molar-refractivity contribution in [2.75, 3.05) is 13.2 Å². The summed E-state index contributed by atoms with van der Waals surface area (Å²) in [5.74, 6) is 0. The van der Waals surface area contributed by atoms with Crippen LogP contribution in [0, 0.1) is 13.8 Å². The summed E-state index contributed by atoms with van der Waals surface area (Å²) in [7, 11) is 0. The van der Waals surface area contributed by atoms with Crippen LogP contribution in [0.5, 0.6) is 0 Å². The molecule has 0 bridgehead atoms. The summed E-state index contributed by atoms with van der Waals surface area (Å²) in [6, 6.07) is 3.91. The van der Waals surface area contributed by atoms with E-state index in [1.165, 1.54) is 0 Å². The van der Waals surface area contributed by atoms with Crippen LogP contribution in [-0.2, 0) is 16.1 Å². The summed E-state index contributed by atoms with van der Waals surface area (Å²) in [5.41, 5.74) is 2.81. The van der Waals surface area contributed by atoms with E-state index in [1.54, 1.807) is 0 Å². The van der Waals surface area contributed by atoms with E-state index in [9.17, 15) is 4.79 Å². The van der Waals surface area contributed by atoms with Gasteiger partial charge >= 0.3 is 6.09 Å². The maximum Gasteiger partial charge on any atom is 0.407 e. The van der Waals surface area contributed by atoms with Crippen molar-refractivity contribution in [2.24, 2.45) is 0 Å². The Balaban J connectivity index is 0.00000180. The SMILES string of the molecule is Cc1cc(COC(=O)N[C@@H]2CCOC2)cc(C)n1.Cl. The molecule has 0 spiro atoms. The number of nitrogens with one attached hydrogen (secondary N) is 1.